The van der Waals surface area contributed by atoms with Crippen LogP contribution in [-0.2, 0) is 0 Å². The van der Waals surface area contributed by atoms with Crippen LogP contribution in [0.1, 0.15) is 41.9 Å². The molecule has 2 atom stereocenters. The maximum atomic E-state index is 12.5. The number of aromatic amines is 1. The number of H-pyrrole nitrogens is 1. The molecule has 2 N–H and O–H groups in total. The van der Waals surface area contributed by atoms with E-state index in [4.69, 9.17) is 0 Å². The van der Waals surface area contributed by atoms with E-state index in [0.29, 0.717) is 17.9 Å². The molecule has 2 fully saturated rings. The number of piperidine rings is 1. The van der Waals surface area contributed by atoms with Gasteiger partial charge in [0.1, 0.15) is 0 Å². The van der Waals surface area contributed by atoms with Gasteiger partial charge in [-0.2, -0.15) is 0 Å². The van der Waals surface area contributed by atoms with E-state index in [1.54, 1.807) is 0 Å². The molecule has 22 heavy (non-hydrogen) atoms. The molecule has 1 aromatic heterocycles. The number of hydrogen-bond donors (Lipinski definition) is 2. The molecule has 0 saturated carbocycles. The third kappa shape index (κ3) is 2.20. The number of nitrogens with zero attached hydrogens (tertiary/aromatic N) is 2. The van der Waals surface area contributed by atoms with Crippen LogP contribution in [0.5, 0.6) is 0 Å². The Labute approximate surface area is 130 Å². The molecule has 2 bridgehead atoms. The molecule has 2 saturated heterocycles. The average Bonchev–Trinajstić information content (AvgIpc) is 3.00. The standard InChI is InChI=1S/C17H22N4O/c1-10-4-3-5-14-15(10)20-16(19-14)17(22)18-11-8-12-6-7-13(9-11)21(12)2/h3-5,11-13H,6-9H2,1-2H3,(H,18,22)(H,19,20). The van der Waals surface area contributed by atoms with E-state index in [1.165, 1.54) is 12.8 Å². The first-order chi connectivity index (χ1) is 10.6. The molecule has 2 aliphatic rings. The van der Waals surface area contributed by atoms with Crippen molar-refractivity contribution in [2.24, 2.45) is 0 Å². The maximum Gasteiger partial charge on any atom is 0.287 e. The second-order valence-corrected chi connectivity index (χ2v) is 6.75. The van der Waals surface area contributed by atoms with Crippen LogP contribution in [0.3, 0.4) is 0 Å². The lowest BCUT2D eigenvalue weighted by Gasteiger charge is -2.36. The number of hydrogen-bond acceptors (Lipinski definition) is 3. The minimum absolute atomic E-state index is 0.0791. The summed E-state index contributed by atoms with van der Waals surface area (Å²) in [5, 5.41) is 3.18. The second kappa shape index (κ2) is 5.09. The smallest absolute Gasteiger partial charge is 0.287 e. The van der Waals surface area contributed by atoms with Gasteiger partial charge in [-0.25, -0.2) is 4.98 Å². The van der Waals surface area contributed by atoms with Gasteiger partial charge in [0.05, 0.1) is 11.0 Å². The monoisotopic (exact) mass is 298 g/mol. The molecule has 2 unspecified atom stereocenters. The average molecular weight is 298 g/mol. The first-order valence-electron chi connectivity index (χ1n) is 8.10. The van der Waals surface area contributed by atoms with E-state index in [2.05, 4.69) is 27.2 Å². The van der Waals surface area contributed by atoms with Crippen LogP contribution in [-0.4, -0.2) is 45.9 Å². The van der Waals surface area contributed by atoms with E-state index in [1.807, 2.05) is 25.1 Å². The normalized spacial score (nSPS) is 28.2. The number of rotatable bonds is 2. The van der Waals surface area contributed by atoms with E-state index < -0.39 is 0 Å². The summed E-state index contributed by atoms with van der Waals surface area (Å²) in [6, 6.07) is 7.48. The number of fused-ring (bicyclic) bond motifs is 3. The van der Waals surface area contributed by atoms with Crippen LogP contribution < -0.4 is 5.32 Å². The molecule has 2 aliphatic heterocycles. The molecular weight excluding hydrogens is 276 g/mol. The van der Waals surface area contributed by atoms with Crippen LogP contribution in [0.2, 0.25) is 0 Å². The summed E-state index contributed by atoms with van der Waals surface area (Å²) in [7, 11) is 2.21. The van der Waals surface area contributed by atoms with Crippen molar-refractivity contribution >= 4 is 16.9 Å². The van der Waals surface area contributed by atoms with Crippen molar-refractivity contribution in [1.29, 1.82) is 0 Å². The lowest BCUT2D eigenvalue weighted by molar-refractivity contribution is 0.0873. The predicted molar refractivity (Wildman–Crippen MR) is 85.9 cm³/mol. The number of aryl methyl sites for hydroxylation is 1. The van der Waals surface area contributed by atoms with Gasteiger partial charge in [0.2, 0.25) is 0 Å². The molecule has 0 radical (unpaired) electrons. The Balaban J connectivity index is 1.51. The van der Waals surface area contributed by atoms with Crippen LogP contribution in [0.4, 0.5) is 0 Å². The summed E-state index contributed by atoms with van der Waals surface area (Å²) >= 11 is 0. The molecule has 1 amide bonds. The molecular formula is C17H22N4O. The number of imidazole rings is 1. The molecule has 3 heterocycles. The number of carbonyl (C=O) groups is 1. The van der Waals surface area contributed by atoms with Crippen molar-refractivity contribution in [3.63, 3.8) is 0 Å². The topological polar surface area (TPSA) is 61.0 Å². The van der Waals surface area contributed by atoms with Gasteiger partial charge >= 0.3 is 0 Å². The molecule has 5 nitrogen and oxygen atoms in total. The molecule has 2 aromatic rings. The lowest BCUT2D eigenvalue weighted by atomic mass is 9.98. The van der Waals surface area contributed by atoms with Crippen LogP contribution in [0.25, 0.3) is 11.0 Å². The maximum absolute atomic E-state index is 12.5. The van der Waals surface area contributed by atoms with Gasteiger partial charge in [0.15, 0.2) is 5.82 Å². The van der Waals surface area contributed by atoms with E-state index in [9.17, 15) is 4.79 Å². The van der Waals surface area contributed by atoms with Crippen LogP contribution in [0.15, 0.2) is 18.2 Å². The molecule has 4 rings (SSSR count). The van der Waals surface area contributed by atoms with Gasteiger partial charge in [-0.15, -0.1) is 0 Å². The Bertz CT molecular complexity index is 709. The Morgan fingerprint density at radius 1 is 1.32 bits per heavy atom. The summed E-state index contributed by atoms with van der Waals surface area (Å²) in [6.07, 6.45) is 4.63. The number of nitrogens with one attached hydrogen (secondary N) is 2. The summed E-state index contributed by atoms with van der Waals surface area (Å²) in [4.78, 5) is 22.6. The number of benzene rings is 1. The third-order valence-corrected chi connectivity index (χ3v) is 5.36. The number of carbonyl (C=O) groups excluding carboxylic acids is 1. The number of amides is 1. The van der Waals surface area contributed by atoms with Crippen molar-refractivity contribution in [2.75, 3.05) is 7.05 Å². The van der Waals surface area contributed by atoms with E-state index in [-0.39, 0.29) is 11.9 Å². The minimum Gasteiger partial charge on any atom is -0.347 e. The summed E-state index contributed by atoms with van der Waals surface area (Å²) in [5.74, 6) is 0.347. The van der Waals surface area contributed by atoms with Crippen molar-refractivity contribution in [1.82, 2.24) is 20.2 Å². The Kier molecular flexibility index (Phi) is 3.18. The van der Waals surface area contributed by atoms with Crippen molar-refractivity contribution in [3.05, 3.63) is 29.6 Å². The zero-order valence-corrected chi connectivity index (χ0v) is 13.1. The number of para-hydroxylation sites is 1. The fourth-order valence-corrected chi connectivity index (χ4v) is 4.07. The molecule has 5 heteroatoms. The summed E-state index contributed by atoms with van der Waals surface area (Å²) < 4.78 is 0. The highest BCUT2D eigenvalue weighted by Crippen LogP contribution is 2.34. The fraction of sp³-hybridized carbons (Fsp3) is 0.529. The zero-order valence-electron chi connectivity index (χ0n) is 13.1. The highest BCUT2D eigenvalue weighted by Gasteiger charge is 2.39. The van der Waals surface area contributed by atoms with E-state index in [0.717, 1.165) is 29.4 Å². The van der Waals surface area contributed by atoms with Gasteiger partial charge in [-0.1, -0.05) is 12.1 Å². The third-order valence-electron chi connectivity index (χ3n) is 5.36. The Morgan fingerprint density at radius 2 is 2.05 bits per heavy atom. The first kappa shape index (κ1) is 13.8. The van der Waals surface area contributed by atoms with Crippen molar-refractivity contribution in [3.8, 4) is 0 Å². The summed E-state index contributed by atoms with van der Waals surface area (Å²) in [6.45, 7) is 2.01. The SMILES string of the molecule is Cc1cccc2[nH]c(C(=O)NC3CC4CCC(C3)N4C)nc12. The lowest BCUT2D eigenvalue weighted by Crippen LogP contribution is -2.48. The van der Waals surface area contributed by atoms with Gasteiger partial charge in [0.25, 0.3) is 5.91 Å². The van der Waals surface area contributed by atoms with Crippen molar-refractivity contribution in [2.45, 2.75) is 50.7 Å². The molecule has 1 aromatic carbocycles. The quantitative estimate of drug-likeness (QED) is 0.894. The highest BCUT2D eigenvalue weighted by atomic mass is 16.2. The van der Waals surface area contributed by atoms with Gasteiger partial charge < -0.3 is 15.2 Å². The predicted octanol–water partition coefficient (Wildman–Crippen LogP) is 2.23. The molecule has 0 aliphatic carbocycles. The highest BCUT2D eigenvalue weighted by molar-refractivity contribution is 5.94. The summed E-state index contributed by atoms with van der Waals surface area (Å²) in [5.41, 5.74) is 2.90. The molecule has 0 spiro atoms. The first-order valence-corrected chi connectivity index (χ1v) is 8.10. The fourth-order valence-electron chi connectivity index (χ4n) is 4.07. The Hall–Kier alpha value is -1.88. The van der Waals surface area contributed by atoms with E-state index >= 15 is 0 Å². The second-order valence-electron chi connectivity index (χ2n) is 6.75. The largest absolute Gasteiger partial charge is 0.347 e. The van der Waals surface area contributed by atoms with Gasteiger partial charge in [0, 0.05) is 18.1 Å². The van der Waals surface area contributed by atoms with Crippen molar-refractivity contribution < 1.29 is 4.79 Å². The van der Waals surface area contributed by atoms with Gasteiger partial charge in [-0.05, 0) is 51.3 Å². The Morgan fingerprint density at radius 3 is 2.73 bits per heavy atom. The minimum atomic E-state index is -0.0791. The van der Waals surface area contributed by atoms with Crippen LogP contribution in [0, 0.1) is 6.92 Å². The van der Waals surface area contributed by atoms with Crippen LogP contribution >= 0.6 is 0 Å². The van der Waals surface area contributed by atoms with Gasteiger partial charge in [-0.3, -0.25) is 4.79 Å². The zero-order chi connectivity index (χ0) is 15.3. The molecule has 116 valence electrons. The number of aromatic nitrogens is 2.